The quantitative estimate of drug-likeness (QED) is 0.738. The topological polar surface area (TPSA) is 54.0 Å². The number of urea groups is 1. The van der Waals surface area contributed by atoms with Crippen LogP contribution in [0.5, 0.6) is 11.5 Å². The first-order chi connectivity index (χ1) is 14.1. The molecule has 3 rings (SSSR count). The van der Waals surface area contributed by atoms with Gasteiger partial charge in [-0.15, -0.1) is 0 Å². The number of methoxy groups -OCH3 is 2. The lowest BCUT2D eigenvalue weighted by Gasteiger charge is -2.27. The number of hydrogen-bond acceptors (Lipinski definition) is 4. The monoisotopic (exact) mass is 397 g/mol. The Bertz CT molecular complexity index is 797. The Morgan fingerprint density at radius 1 is 1.17 bits per heavy atom. The predicted molar refractivity (Wildman–Crippen MR) is 114 cm³/mol. The molecule has 2 amide bonds. The summed E-state index contributed by atoms with van der Waals surface area (Å²) in [5.74, 6) is 1.56. The minimum atomic E-state index is -0.0227. The molecule has 1 fully saturated rings. The van der Waals surface area contributed by atoms with Crippen molar-refractivity contribution in [1.29, 1.82) is 0 Å². The second kappa shape index (κ2) is 10.2. The number of ether oxygens (including phenoxy) is 2. The molecule has 0 bridgehead atoms. The third-order valence-electron chi connectivity index (χ3n) is 5.37. The summed E-state index contributed by atoms with van der Waals surface area (Å²) in [4.78, 5) is 17.0. The van der Waals surface area contributed by atoms with Crippen LogP contribution >= 0.6 is 0 Å². The number of likely N-dealkylation sites (N-methyl/N-ethyl adjacent to an activating group) is 1. The van der Waals surface area contributed by atoms with Crippen LogP contribution in [0.15, 0.2) is 48.5 Å². The number of rotatable bonds is 8. The molecule has 1 atom stereocenters. The Morgan fingerprint density at radius 2 is 1.97 bits per heavy atom. The van der Waals surface area contributed by atoms with Gasteiger partial charge in [-0.1, -0.05) is 30.3 Å². The van der Waals surface area contributed by atoms with Gasteiger partial charge >= 0.3 is 6.03 Å². The van der Waals surface area contributed by atoms with Gasteiger partial charge < -0.3 is 24.6 Å². The van der Waals surface area contributed by atoms with Crippen LogP contribution in [-0.2, 0) is 6.54 Å². The van der Waals surface area contributed by atoms with E-state index in [2.05, 4.69) is 29.4 Å². The lowest BCUT2D eigenvalue weighted by Crippen LogP contribution is -2.42. The maximum Gasteiger partial charge on any atom is 0.317 e. The second-order valence-corrected chi connectivity index (χ2v) is 7.41. The number of nitrogens with one attached hydrogen (secondary N) is 1. The number of hydrogen-bond donors (Lipinski definition) is 1. The standard InChI is InChI=1S/C23H31N3O3/c1-25(17-18-8-5-4-6-9-18)15-13-24-23(27)26-14-7-10-21(26)20-16-19(28-2)11-12-22(20)29-3/h4-6,8-9,11-12,16,21H,7,10,13-15,17H2,1-3H3,(H,24,27). The average molecular weight is 398 g/mol. The minimum Gasteiger partial charge on any atom is -0.497 e. The Kier molecular flexibility index (Phi) is 7.36. The molecule has 1 unspecified atom stereocenters. The summed E-state index contributed by atoms with van der Waals surface area (Å²) in [7, 11) is 5.38. The largest absolute Gasteiger partial charge is 0.497 e. The van der Waals surface area contributed by atoms with E-state index in [0.29, 0.717) is 6.54 Å². The van der Waals surface area contributed by atoms with E-state index in [4.69, 9.17) is 9.47 Å². The summed E-state index contributed by atoms with van der Waals surface area (Å²) in [6, 6.07) is 16.1. The zero-order chi connectivity index (χ0) is 20.6. The van der Waals surface area contributed by atoms with Crippen molar-refractivity contribution in [2.75, 3.05) is 40.9 Å². The summed E-state index contributed by atoms with van der Waals surface area (Å²) in [6.07, 6.45) is 1.90. The smallest absolute Gasteiger partial charge is 0.317 e. The van der Waals surface area contributed by atoms with Gasteiger partial charge in [0.25, 0.3) is 0 Å². The molecule has 1 heterocycles. The van der Waals surface area contributed by atoms with Gasteiger partial charge in [-0.05, 0) is 43.7 Å². The molecule has 0 spiro atoms. The molecule has 6 heteroatoms. The predicted octanol–water partition coefficient (Wildman–Crippen LogP) is 3.68. The number of nitrogens with zero attached hydrogens (tertiary/aromatic N) is 2. The van der Waals surface area contributed by atoms with E-state index in [1.165, 1.54) is 5.56 Å². The Labute approximate surface area is 173 Å². The van der Waals surface area contributed by atoms with Crippen molar-refractivity contribution in [2.45, 2.75) is 25.4 Å². The number of carbonyl (C=O) groups excluding carboxylic acids is 1. The first-order valence-electron chi connectivity index (χ1n) is 10.1. The Morgan fingerprint density at radius 3 is 2.69 bits per heavy atom. The second-order valence-electron chi connectivity index (χ2n) is 7.41. The zero-order valence-corrected chi connectivity index (χ0v) is 17.6. The van der Waals surface area contributed by atoms with Crippen molar-refractivity contribution in [3.8, 4) is 11.5 Å². The van der Waals surface area contributed by atoms with Gasteiger partial charge in [-0.25, -0.2) is 4.79 Å². The molecule has 1 saturated heterocycles. The van der Waals surface area contributed by atoms with Gasteiger partial charge in [0.1, 0.15) is 11.5 Å². The molecule has 0 aromatic heterocycles. The fourth-order valence-corrected chi connectivity index (χ4v) is 3.86. The van der Waals surface area contributed by atoms with E-state index in [1.807, 2.05) is 41.3 Å². The van der Waals surface area contributed by atoms with E-state index >= 15 is 0 Å². The van der Waals surface area contributed by atoms with E-state index < -0.39 is 0 Å². The van der Waals surface area contributed by atoms with Crippen molar-refractivity contribution in [3.05, 3.63) is 59.7 Å². The normalized spacial score (nSPS) is 16.1. The van der Waals surface area contributed by atoms with Gasteiger partial charge in [0.15, 0.2) is 0 Å². The number of carbonyl (C=O) groups is 1. The van der Waals surface area contributed by atoms with Gasteiger partial charge in [-0.3, -0.25) is 0 Å². The minimum absolute atomic E-state index is 0.00194. The number of likely N-dealkylation sites (tertiary alicyclic amines) is 1. The number of amides is 2. The summed E-state index contributed by atoms with van der Waals surface area (Å²) in [5.41, 5.74) is 2.27. The molecular weight excluding hydrogens is 366 g/mol. The molecule has 2 aromatic rings. The highest BCUT2D eigenvalue weighted by molar-refractivity contribution is 5.75. The highest BCUT2D eigenvalue weighted by atomic mass is 16.5. The molecule has 0 radical (unpaired) electrons. The maximum atomic E-state index is 12.8. The molecule has 29 heavy (non-hydrogen) atoms. The van der Waals surface area contributed by atoms with Crippen molar-refractivity contribution in [2.24, 2.45) is 0 Å². The van der Waals surface area contributed by atoms with Crippen LogP contribution in [0.3, 0.4) is 0 Å². The molecule has 6 nitrogen and oxygen atoms in total. The van der Waals surface area contributed by atoms with Crippen molar-refractivity contribution < 1.29 is 14.3 Å². The molecule has 0 aliphatic carbocycles. The van der Waals surface area contributed by atoms with E-state index in [9.17, 15) is 4.79 Å². The van der Waals surface area contributed by atoms with Gasteiger partial charge in [0.2, 0.25) is 0 Å². The lowest BCUT2D eigenvalue weighted by atomic mass is 10.0. The first kappa shape index (κ1) is 21.0. The highest BCUT2D eigenvalue weighted by Gasteiger charge is 2.32. The van der Waals surface area contributed by atoms with Crippen molar-refractivity contribution >= 4 is 6.03 Å². The van der Waals surface area contributed by atoms with Crippen LogP contribution in [0, 0.1) is 0 Å². The van der Waals surface area contributed by atoms with E-state index in [1.54, 1.807) is 14.2 Å². The van der Waals surface area contributed by atoms with Crippen LogP contribution in [0.25, 0.3) is 0 Å². The third kappa shape index (κ3) is 5.41. The van der Waals surface area contributed by atoms with Crippen LogP contribution in [0.2, 0.25) is 0 Å². The molecule has 0 saturated carbocycles. The fourth-order valence-electron chi connectivity index (χ4n) is 3.86. The summed E-state index contributed by atoms with van der Waals surface area (Å²) in [5, 5.41) is 3.08. The fraction of sp³-hybridized carbons (Fsp3) is 0.435. The van der Waals surface area contributed by atoms with Gasteiger partial charge in [-0.2, -0.15) is 0 Å². The lowest BCUT2D eigenvalue weighted by molar-refractivity contribution is 0.190. The molecule has 156 valence electrons. The number of benzene rings is 2. The van der Waals surface area contributed by atoms with Crippen molar-refractivity contribution in [3.63, 3.8) is 0 Å². The van der Waals surface area contributed by atoms with Crippen LogP contribution in [-0.4, -0.2) is 56.7 Å². The average Bonchev–Trinajstić information content (AvgIpc) is 3.23. The van der Waals surface area contributed by atoms with E-state index in [-0.39, 0.29) is 12.1 Å². The van der Waals surface area contributed by atoms with Gasteiger partial charge in [0.05, 0.1) is 20.3 Å². The molecule has 1 N–H and O–H groups in total. The van der Waals surface area contributed by atoms with Gasteiger partial charge in [0, 0.05) is 31.7 Å². The SMILES string of the molecule is COc1ccc(OC)c(C2CCCN2C(=O)NCCN(C)Cc2ccccc2)c1. The zero-order valence-electron chi connectivity index (χ0n) is 17.6. The Balaban J connectivity index is 1.56. The molecular formula is C23H31N3O3. The van der Waals surface area contributed by atoms with Crippen LogP contribution in [0.4, 0.5) is 4.79 Å². The van der Waals surface area contributed by atoms with Crippen LogP contribution < -0.4 is 14.8 Å². The molecule has 2 aromatic carbocycles. The summed E-state index contributed by atoms with van der Waals surface area (Å²) in [6.45, 7) is 3.02. The first-order valence-corrected chi connectivity index (χ1v) is 10.1. The molecule has 1 aliphatic heterocycles. The van der Waals surface area contributed by atoms with Crippen molar-refractivity contribution in [1.82, 2.24) is 15.1 Å². The third-order valence-corrected chi connectivity index (χ3v) is 5.37. The molecule has 1 aliphatic rings. The highest BCUT2D eigenvalue weighted by Crippen LogP contribution is 2.38. The maximum absolute atomic E-state index is 12.8. The van der Waals surface area contributed by atoms with Crippen LogP contribution in [0.1, 0.15) is 30.0 Å². The summed E-state index contributed by atoms with van der Waals surface area (Å²) >= 11 is 0. The Hall–Kier alpha value is -2.73. The van der Waals surface area contributed by atoms with E-state index in [0.717, 1.165) is 49.5 Å². The summed E-state index contributed by atoms with van der Waals surface area (Å²) < 4.78 is 10.9.